The Kier molecular flexibility index (Phi) is 3.96. The fourth-order valence-corrected chi connectivity index (χ4v) is 2.34. The molecule has 0 aromatic carbocycles. The Bertz CT molecular complexity index is 286. The molecule has 0 saturated heterocycles. The second-order valence-electron chi connectivity index (χ2n) is 4.79. The summed E-state index contributed by atoms with van der Waals surface area (Å²) < 4.78 is 0. The van der Waals surface area contributed by atoms with Crippen LogP contribution in [0, 0.1) is 5.41 Å². The van der Waals surface area contributed by atoms with Crippen molar-refractivity contribution in [2.24, 2.45) is 5.41 Å². The third-order valence-electron chi connectivity index (χ3n) is 3.78. The lowest BCUT2D eigenvalue weighted by atomic mass is 9.55. The van der Waals surface area contributed by atoms with Gasteiger partial charge in [-0.15, -0.1) is 5.73 Å². The molecule has 1 heteroatoms. The minimum absolute atomic E-state index is 0.0409. The molecule has 0 heterocycles. The predicted octanol–water partition coefficient (Wildman–Crippen LogP) is 3.61. The highest BCUT2D eigenvalue weighted by atomic mass is 16.3. The summed E-state index contributed by atoms with van der Waals surface area (Å²) in [6.45, 7) is 7.76. The van der Waals surface area contributed by atoms with Crippen LogP contribution in [0.15, 0.2) is 30.5 Å². The van der Waals surface area contributed by atoms with Gasteiger partial charge in [0.1, 0.15) is 0 Å². The summed E-state index contributed by atoms with van der Waals surface area (Å²) in [5, 5.41) is 10.3. The van der Waals surface area contributed by atoms with E-state index in [0.717, 1.165) is 32.1 Å². The predicted molar refractivity (Wildman–Crippen MR) is 64.7 cm³/mol. The van der Waals surface area contributed by atoms with Crippen LogP contribution in [0.1, 0.15) is 46.0 Å². The van der Waals surface area contributed by atoms with Crippen LogP contribution < -0.4 is 0 Å². The average molecular weight is 206 g/mol. The van der Waals surface area contributed by atoms with Gasteiger partial charge in [-0.3, -0.25) is 0 Å². The van der Waals surface area contributed by atoms with Crippen molar-refractivity contribution in [2.45, 2.75) is 51.6 Å². The van der Waals surface area contributed by atoms with Gasteiger partial charge in [-0.1, -0.05) is 25.7 Å². The Hall–Kier alpha value is -0.780. The van der Waals surface area contributed by atoms with E-state index in [9.17, 15) is 5.11 Å². The molecular weight excluding hydrogens is 184 g/mol. The zero-order valence-corrected chi connectivity index (χ0v) is 9.92. The van der Waals surface area contributed by atoms with Crippen molar-refractivity contribution in [1.82, 2.24) is 0 Å². The standard InChI is InChI=1S/C14H22O/c1-4-6-7-8-10-13(3)11-12-14(13,15)9-5-2/h4,6,9,15H,2,7-8,10-12H2,1,3H3/b6-4+/t13-,14-/m1/s1. The first-order chi connectivity index (χ1) is 7.08. The van der Waals surface area contributed by atoms with E-state index in [1.165, 1.54) is 0 Å². The minimum Gasteiger partial charge on any atom is -0.385 e. The molecule has 1 aliphatic carbocycles. The highest BCUT2D eigenvalue weighted by molar-refractivity contribution is 5.15. The van der Waals surface area contributed by atoms with Gasteiger partial charge in [0, 0.05) is 5.41 Å². The highest BCUT2D eigenvalue weighted by Gasteiger charge is 2.52. The molecule has 1 saturated carbocycles. The molecule has 0 unspecified atom stereocenters. The lowest BCUT2D eigenvalue weighted by molar-refractivity contribution is -0.125. The molecule has 1 aliphatic rings. The second kappa shape index (κ2) is 4.83. The molecule has 0 aromatic heterocycles. The van der Waals surface area contributed by atoms with E-state index >= 15 is 0 Å². The number of unbranched alkanes of at least 4 members (excludes halogenated alkanes) is 1. The maximum Gasteiger partial charge on any atom is 0.0954 e. The van der Waals surface area contributed by atoms with Gasteiger partial charge in [0.2, 0.25) is 0 Å². The zero-order chi connectivity index (χ0) is 11.4. The van der Waals surface area contributed by atoms with Gasteiger partial charge in [0.05, 0.1) is 5.60 Å². The summed E-state index contributed by atoms with van der Waals surface area (Å²) in [5.41, 5.74) is 2.12. The third-order valence-corrected chi connectivity index (χ3v) is 3.78. The monoisotopic (exact) mass is 206 g/mol. The maximum atomic E-state index is 10.3. The third kappa shape index (κ3) is 2.42. The summed E-state index contributed by atoms with van der Waals surface area (Å²) in [6.07, 6.45) is 11.3. The van der Waals surface area contributed by atoms with Gasteiger partial charge in [-0.25, -0.2) is 0 Å². The van der Waals surface area contributed by atoms with Crippen molar-refractivity contribution in [1.29, 1.82) is 0 Å². The van der Waals surface area contributed by atoms with Crippen molar-refractivity contribution in [3.63, 3.8) is 0 Å². The van der Waals surface area contributed by atoms with E-state index < -0.39 is 5.60 Å². The van der Waals surface area contributed by atoms with Crippen molar-refractivity contribution in [3.8, 4) is 0 Å². The summed E-state index contributed by atoms with van der Waals surface area (Å²) in [6, 6.07) is 0. The van der Waals surface area contributed by atoms with Crippen LogP contribution in [0.4, 0.5) is 0 Å². The first kappa shape index (κ1) is 12.3. The molecule has 0 spiro atoms. The Morgan fingerprint density at radius 1 is 1.47 bits per heavy atom. The minimum atomic E-state index is -0.648. The molecule has 1 fully saturated rings. The molecule has 1 rings (SSSR count). The van der Waals surface area contributed by atoms with Gasteiger partial charge in [-0.05, 0) is 45.1 Å². The Morgan fingerprint density at radius 3 is 2.67 bits per heavy atom. The summed E-state index contributed by atoms with van der Waals surface area (Å²) in [4.78, 5) is 0. The average Bonchev–Trinajstić information content (AvgIpc) is 2.23. The van der Waals surface area contributed by atoms with Crippen LogP contribution in [-0.2, 0) is 0 Å². The lowest BCUT2D eigenvalue weighted by Crippen LogP contribution is -2.54. The number of hydrogen-bond acceptors (Lipinski definition) is 1. The summed E-state index contributed by atoms with van der Waals surface area (Å²) in [7, 11) is 0. The fourth-order valence-electron chi connectivity index (χ4n) is 2.34. The van der Waals surface area contributed by atoms with Crippen molar-refractivity contribution < 1.29 is 5.11 Å². The molecule has 0 amide bonds. The van der Waals surface area contributed by atoms with Crippen LogP contribution in [0.3, 0.4) is 0 Å². The molecule has 1 nitrogen and oxygen atoms in total. The molecule has 1 N–H and O–H groups in total. The van der Waals surface area contributed by atoms with Gasteiger partial charge < -0.3 is 5.11 Å². The Balaban J connectivity index is 2.49. The van der Waals surface area contributed by atoms with Gasteiger partial charge in [0.15, 0.2) is 0 Å². The largest absolute Gasteiger partial charge is 0.385 e. The summed E-state index contributed by atoms with van der Waals surface area (Å²) >= 11 is 0. The topological polar surface area (TPSA) is 20.2 Å². The van der Waals surface area contributed by atoms with E-state index in [-0.39, 0.29) is 5.41 Å². The molecule has 2 atom stereocenters. The van der Waals surface area contributed by atoms with E-state index in [4.69, 9.17) is 0 Å². The van der Waals surface area contributed by atoms with Crippen molar-refractivity contribution >= 4 is 0 Å². The Labute approximate surface area is 93.2 Å². The van der Waals surface area contributed by atoms with Gasteiger partial charge in [-0.2, -0.15) is 0 Å². The lowest BCUT2D eigenvalue weighted by Gasteiger charge is -2.53. The number of allylic oxidation sites excluding steroid dienone is 2. The fraction of sp³-hybridized carbons (Fsp3) is 0.643. The number of rotatable bonds is 5. The number of aliphatic hydroxyl groups is 1. The highest BCUT2D eigenvalue weighted by Crippen LogP contribution is 2.53. The quantitative estimate of drug-likeness (QED) is 0.414. The van der Waals surface area contributed by atoms with Crippen LogP contribution in [-0.4, -0.2) is 10.7 Å². The van der Waals surface area contributed by atoms with Gasteiger partial charge in [0.25, 0.3) is 0 Å². The molecule has 15 heavy (non-hydrogen) atoms. The SMILES string of the molecule is C=C=C[C@@]1(O)CC[C@@]1(C)CCC/C=C/C. The van der Waals surface area contributed by atoms with Gasteiger partial charge >= 0.3 is 0 Å². The second-order valence-corrected chi connectivity index (χ2v) is 4.79. The molecule has 0 bridgehead atoms. The van der Waals surface area contributed by atoms with Crippen LogP contribution in [0.2, 0.25) is 0 Å². The molecule has 0 radical (unpaired) electrons. The van der Waals surface area contributed by atoms with Crippen LogP contribution >= 0.6 is 0 Å². The van der Waals surface area contributed by atoms with Crippen LogP contribution in [0.5, 0.6) is 0 Å². The molecule has 0 aliphatic heterocycles. The van der Waals surface area contributed by atoms with E-state index in [2.05, 4.69) is 31.4 Å². The Morgan fingerprint density at radius 2 is 2.20 bits per heavy atom. The normalized spacial score (nSPS) is 34.9. The first-order valence-corrected chi connectivity index (χ1v) is 5.78. The molecular formula is C14H22O. The summed E-state index contributed by atoms with van der Waals surface area (Å²) in [5.74, 6) is 0. The van der Waals surface area contributed by atoms with Crippen molar-refractivity contribution in [3.05, 3.63) is 30.5 Å². The zero-order valence-electron chi connectivity index (χ0n) is 9.92. The molecule has 84 valence electrons. The number of hydrogen-bond donors (Lipinski definition) is 1. The van der Waals surface area contributed by atoms with E-state index in [1.54, 1.807) is 6.08 Å². The smallest absolute Gasteiger partial charge is 0.0954 e. The molecule has 0 aromatic rings. The van der Waals surface area contributed by atoms with E-state index in [1.807, 2.05) is 6.92 Å². The first-order valence-electron chi connectivity index (χ1n) is 5.78. The van der Waals surface area contributed by atoms with Crippen LogP contribution in [0.25, 0.3) is 0 Å². The van der Waals surface area contributed by atoms with Crippen molar-refractivity contribution in [2.75, 3.05) is 0 Å². The van der Waals surface area contributed by atoms with E-state index in [0.29, 0.717) is 0 Å². The maximum absolute atomic E-state index is 10.3.